The van der Waals surface area contributed by atoms with E-state index in [9.17, 15) is 0 Å². The van der Waals surface area contributed by atoms with Crippen molar-refractivity contribution >= 4 is 22.7 Å². The van der Waals surface area contributed by atoms with Crippen molar-refractivity contribution in [2.75, 3.05) is 22.3 Å². The highest BCUT2D eigenvalue weighted by Gasteiger charge is 2.13. The minimum atomic E-state index is 0.673. The molecular weight excluding hydrogens is 142 g/mol. The molecule has 0 bridgehead atoms. The molecule has 0 spiro atoms. The van der Waals surface area contributed by atoms with E-state index >= 15 is 0 Å². The summed E-state index contributed by atoms with van der Waals surface area (Å²) in [6.07, 6.45) is 0. The summed E-state index contributed by atoms with van der Waals surface area (Å²) in [7, 11) is 0. The molecule has 1 aliphatic rings. The van der Waals surface area contributed by atoms with Gasteiger partial charge in [0.25, 0.3) is 0 Å². The number of rotatable bonds is 0. The summed E-state index contributed by atoms with van der Waals surface area (Å²) in [6.45, 7) is 0. The Balaban J connectivity index is 2.64. The zero-order valence-electron chi connectivity index (χ0n) is 5.81. The van der Waals surface area contributed by atoms with E-state index in [1.807, 2.05) is 0 Å². The summed E-state index contributed by atoms with van der Waals surface area (Å²) in [5, 5.41) is 0. The standard InChI is InChI=1S/C6H9N5/c7-3-1-2-4(8)6-5(3)9-11-10-6/h1-2,9-11H,7-8H2. The molecule has 58 valence electrons. The second-order valence-electron chi connectivity index (χ2n) is 2.37. The molecule has 0 aromatic heterocycles. The van der Waals surface area contributed by atoms with Gasteiger partial charge in [-0.05, 0) is 12.1 Å². The van der Waals surface area contributed by atoms with Crippen LogP contribution in [0.2, 0.25) is 0 Å². The first-order chi connectivity index (χ1) is 5.29. The van der Waals surface area contributed by atoms with Crippen molar-refractivity contribution < 1.29 is 0 Å². The predicted octanol–water partition coefficient (Wildman–Crippen LogP) is 0.108. The normalized spacial score (nSPS) is 13.5. The molecule has 0 saturated heterocycles. The maximum Gasteiger partial charge on any atom is 0.100 e. The highest BCUT2D eigenvalue weighted by molar-refractivity contribution is 5.91. The van der Waals surface area contributed by atoms with Crippen LogP contribution in [0, 0.1) is 0 Å². The molecule has 0 radical (unpaired) electrons. The summed E-state index contributed by atoms with van der Waals surface area (Å²) < 4.78 is 0. The van der Waals surface area contributed by atoms with Gasteiger partial charge in [-0.2, -0.15) is 0 Å². The van der Waals surface area contributed by atoms with Gasteiger partial charge in [0, 0.05) is 0 Å². The van der Waals surface area contributed by atoms with Gasteiger partial charge in [-0.3, -0.25) is 10.9 Å². The molecule has 1 aromatic carbocycles. The van der Waals surface area contributed by atoms with Gasteiger partial charge in [0.2, 0.25) is 0 Å². The third kappa shape index (κ3) is 0.746. The SMILES string of the molecule is Nc1ccc(N)c2c1NNN2. The molecule has 0 aliphatic carbocycles. The molecule has 2 rings (SSSR count). The smallest absolute Gasteiger partial charge is 0.100 e. The van der Waals surface area contributed by atoms with Gasteiger partial charge in [0.1, 0.15) is 11.4 Å². The summed E-state index contributed by atoms with van der Waals surface area (Å²) in [5.41, 5.74) is 22.6. The molecule has 5 heteroatoms. The van der Waals surface area contributed by atoms with Gasteiger partial charge in [-0.25, -0.2) is 0 Å². The lowest BCUT2D eigenvalue weighted by molar-refractivity contribution is 1.01. The highest BCUT2D eigenvalue weighted by Crippen LogP contribution is 2.35. The number of nitrogens with one attached hydrogen (secondary N) is 3. The molecule has 0 unspecified atom stereocenters. The molecule has 0 saturated carbocycles. The monoisotopic (exact) mass is 151 g/mol. The van der Waals surface area contributed by atoms with E-state index in [1.54, 1.807) is 12.1 Å². The lowest BCUT2D eigenvalue weighted by Gasteiger charge is -2.03. The largest absolute Gasteiger partial charge is 0.397 e. The molecule has 7 N–H and O–H groups in total. The average Bonchev–Trinajstić information content (AvgIpc) is 2.45. The van der Waals surface area contributed by atoms with E-state index in [0.29, 0.717) is 11.4 Å². The van der Waals surface area contributed by atoms with Gasteiger partial charge in [-0.1, -0.05) is 0 Å². The van der Waals surface area contributed by atoms with Crippen molar-refractivity contribution in [2.24, 2.45) is 0 Å². The Hall–Kier alpha value is -1.62. The summed E-state index contributed by atoms with van der Waals surface area (Å²) in [4.78, 5) is 0. The first-order valence-corrected chi connectivity index (χ1v) is 3.24. The molecule has 0 atom stereocenters. The van der Waals surface area contributed by atoms with Gasteiger partial charge in [0.05, 0.1) is 11.4 Å². The summed E-state index contributed by atoms with van der Waals surface area (Å²) >= 11 is 0. The zero-order chi connectivity index (χ0) is 7.84. The quantitative estimate of drug-likeness (QED) is 0.340. The van der Waals surface area contributed by atoms with Crippen LogP contribution in [0.25, 0.3) is 0 Å². The Bertz CT molecular complexity index is 266. The lowest BCUT2D eigenvalue weighted by Crippen LogP contribution is -2.19. The van der Waals surface area contributed by atoms with Gasteiger partial charge in [-0.15, -0.1) is 5.53 Å². The number of nitrogen functional groups attached to an aromatic ring is 2. The number of anilines is 4. The van der Waals surface area contributed by atoms with Gasteiger partial charge >= 0.3 is 0 Å². The topological polar surface area (TPSA) is 88.1 Å². The lowest BCUT2D eigenvalue weighted by atomic mass is 10.2. The second-order valence-corrected chi connectivity index (χ2v) is 2.37. The van der Waals surface area contributed by atoms with Crippen molar-refractivity contribution in [2.45, 2.75) is 0 Å². The fourth-order valence-electron chi connectivity index (χ4n) is 1.06. The third-order valence-electron chi connectivity index (χ3n) is 1.64. The van der Waals surface area contributed by atoms with Crippen molar-refractivity contribution in [3.63, 3.8) is 0 Å². The van der Waals surface area contributed by atoms with E-state index in [1.165, 1.54) is 0 Å². The number of hydrazine groups is 2. The number of benzene rings is 1. The van der Waals surface area contributed by atoms with Crippen LogP contribution in [0.15, 0.2) is 12.1 Å². The van der Waals surface area contributed by atoms with Crippen LogP contribution in [0.5, 0.6) is 0 Å². The number of hydrogen-bond donors (Lipinski definition) is 5. The van der Waals surface area contributed by atoms with Crippen molar-refractivity contribution in [3.8, 4) is 0 Å². The van der Waals surface area contributed by atoms with E-state index in [4.69, 9.17) is 11.5 Å². The van der Waals surface area contributed by atoms with Crippen LogP contribution in [-0.4, -0.2) is 0 Å². The van der Waals surface area contributed by atoms with Crippen LogP contribution in [0.3, 0.4) is 0 Å². The fraction of sp³-hybridized carbons (Fsp3) is 0. The number of nitrogens with two attached hydrogens (primary N) is 2. The van der Waals surface area contributed by atoms with Crippen LogP contribution < -0.4 is 27.9 Å². The second kappa shape index (κ2) is 1.93. The number of fused-ring (bicyclic) bond motifs is 1. The Morgan fingerprint density at radius 2 is 1.36 bits per heavy atom. The van der Waals surface area contributed by atoms with Crippen molar-refractivity contribution in [1.29, 1.82) is 0 Å². The minimum absolute atomic E-state index is 0.673. The summed E-state index contributed by atoms with van der Waals surface area (Å²) in [6, 6.07) is 3.52. The Morgan fingerprint density at radius 1 is 0.909 bits per heavy atom. The average molecular weight is 151 g/mol. The van der Waals surface area contributed by atoms with Crippen LogP contribution in [0.4, 0.5) is 22.7 Å². The van der Waals surface area contributed by atoms with Gasteiger partial charge < -0.3 is 11.5 Å². The van der Waals surface area contributed by atoms with E-state index in [-0.39, 0.29) is 0 Å². The molecule has 0 amide bonds. The van der Waals surface area contributed by atoms with E-state index in [2.05, 4.69) is 16.4 Å². The zero-order valence-corrected chi connectivity index (χ0v) is 5.81. The molecule has 11 heavy (non-hydrogen) atoms. The van der Waals surface area contributed by atoms with Crippen molar-refractivity contribution in [3.05, 3.63) is 12.1 Å². The predicted molar refractivity (Wildman–Crippen MR) is 45.6 cm³/mol. The van der Waals surface area contributed by atoms with E-state index in [0.717, 1.165) is 11.4 Å². The Morgan fingerprint density at radius 3 is 1.82 bits per heavy atom. The van der Waals surface area contributed by atoms with Crippen molar-refractivity contribution in [1.82, 2.24) is 5.53 Å². The number of hydrogen-bond acceptors (Lipinski definition) is 5. The third-order valence-corrected chi connectivity index (χ3v) is 1.64. The van der Waals surface area contributed by atoms with Gasteiger partial charge in [0.15, 0.2) is 0 Å². The molecule has 1 aliphatic heterocycles. The molecule has 0 fully saturated rings. The minimum Gasteiger partial charge on any atom is -0.397 e. The Labute approximate surface area is 63.7 Å². The molecule has 5 nitrogen and oxygen atoms in total. The maximum atomic E-state index is 5.64. The van der Waals surface area contributed by atoms with Crippen LogP contribution in [-0.2, 0) is 0 Å². The molecular formula is C6H9N5. The first kappa shape index (κ1) is 6.11. The maximum absolute atomic E-state index is 5.64. The van der Waals surface area contributed by atoms with E-state index < -0.39 is 0 Å². The first-order valence-electron chi connectivity index (χ1n) is 3.24. The summed E-state index contributed by atoms with van der Waals surface area (Å²) in [5.74, 6) is 0. The van der Waals surface area contributed by atoms with Crippen LogP contribution in [0.1, 0.15) is 0 Å². The Kier molecular flexibility index (Phi) is 1.07. The molecule has 1 aromatic rings. The molecule has 1 heterocycles. The highest BCUT2D eigenvalue weighted by atomic mass is 15.6. The van der Waals surface area contributed by atoms with Crippen LogP contribution >= 0.6 is 0 Å². The fourth-order valence-corrected chi connectivity index (χ4v) is 1.06.